The predicted octanol–water partition coefficient (Wildman–Crippen LogP) is 1.75. The summed E-state index contributed by atoms with van der Waals surface area (Å²) in [7, 11) is 1.46. The number of nitrogens with zero attached hydrogens (tertiary/aromatic N) is 1. The van der Waals surface area contributed by atoms with Gasteiger partial charge in [0.05, 0.1) is 0 Å². The number of amides is 1. The molecule has 21 heavy (non-hydrogen) atoms. The van der Waals surface area contributed by atoms with E-state index in [-0.39, 0.29) is 12.7 Å². The molecule has 0 spiro atoms. The second-order valence-corrected chi connectivity index (χ2v) is 5.21. The summed E-state index contributed by atoms with van der Waals surface area (Å²) < 4.78 is 10.5. The maximum absolute atomic E-state index is 12.0. The third-order valence-corrected chi connectivity index (χ3v) is 3.51. The van der Waals surface area contributed by atoms with Crippen molar-refractivity contribution >= 4 is 18.0 Å². The van der Waals surface area contributed by atoms with Crippen molar-refractivity contribution in [2.75, 3.05) is 13.8 Å². The van der Waals surface area contributed by atoms with Crippen LogP contribution < -0.4 is 9.47 Å². The number of carboxylic acid groups (broad SMARTS) is 1. The van der Waals surface area contributed by atoms with E-state index in [9.17, 15) is 9.59 Å². The number of fused-ring (bicyclic) bond motifs is 1. The molecule has 0 aliphatic carbocycles. The van der Waals surface area contributed by atoms with Gasteiger partial charge < -0.3 is 19.5 Å². The molecule has 1 N–H and O–H groups in total. The number of carbonyl (C=O) groups excluding carboxylic acids is 1. The molecule has 2 rings (SSSR count). The lowest BCUT2D eigenvalue weighted by Crippen LogP contribution is -2.50. The molecule has 1 aliphatic rings. The molecule has 0 fully saturated rings. The van der Waals surface area contributed by atoms with E-state index in [0.29, 0.717) is 11.5 Å². The Morgan fingerprint density at radius 3 is 2.62 bits per heavy atom. The van der Waals surface area contributed by atoms with E-state index in [1.54, 1.807) is 24.3 Å². The average Bonchev–Trinajstić information content (AvgIpc) is 2.91. The Balaban J connectivity index is 2.10. The van der Waals surface area contributed by atoms with Crippen LogP contribution in [0.2, 0.25) is 0 Å². The highest BCUT2D eigenvalue weighted by atomic mass is 16.7. The Hall–Kier alpha value is -2.50. The number of hydrogen-bond acceptors (Lipinski definition) is 4. The van der Waals surface area contributed by atoms with Gasteiger partial charge in [0.1, 0.15) is 5.54 Å². The van der Waals surface area contributed by atoms with E-state index in [1.807, 2.05) is 0 Å². The Bertz CT molecular complexity index is 606. The molecular weight excluding hydrogens is 274 g/mol. The maximum atomic E-state index is 12.0. The van der Waals surface area contributed by atoms with Crippen molar-refractivity contribution in [2.24, 2.45) is 0 Å². The minimum Gasteiger partial charge on any atom is -0.480 e. The Morgan fingerprint density at radius 2 is 1.95 bits per heavy atom. The molecule has 0 atom stereocenters. The molecule has 112 valence electrons. The summed E-state index contributed by atoms with van der Waals surface area (Å²) in [6.45, 7) is 3.14. The quantitative estimate of drug-likeness (QED) is 0.855. The van der Waals surface area contributed by atoms with Gasteiger partial charge in [0.2, 0.25) is 12.7 Å². The number of rotatable bonds is 4. The molecule has 0 aromatic heterocycles. The first-order valence-electron chi connectivity index (χ1n) is 6.41. The number of ether oxygens (including phenoxy) is 2. The zero-order valence-corrected chi connectivity index (χ0v) is 12.1. The monoisotopic (exact) mass is 291 g/mol. The minimum absolute atomic E-state index is 0.191. The number of hydrogen-bond donors (Lipinski definition) is 1. The van der Waals surface area contributed by atoms with Crippen LogP contribution in [0.15, 0.2) is 24.3 Å². The van der Waals surface area contributed by atoms with Gasteiger partial charge in [-0.05, 0) is 37.6 Å². The van der Waals surface area contributed by atoms with E-state index in [2.05, 4.69) is 0 Å². The van der Waals surface area contributed by atoms with Crippen molar-refractivity contribution in [1.82, 2.24) is 4.90 Å². The van der Waals surface area contributed by atoms with E-state index in [1.165, 1.54) is 31.9 Å². The summed E-state index contributed by atoms with van der Waals surface area (Å²) in [6.07, 6.45) is 2.95. The molecule has 1 aromatic carbocycles. The molecule has 1 amide bonds. The van der Waals surface area contributed by atoms with Gasteiger partial charge in [-0.3, -0.25) is 4.79 Å². The van der Waals surface area contributed by atoms with Gasteiger partial charge in [-0.15, -0.1) is 0 Å². The summed E-state index contributed by atoms with van der Waals surface area (Å²) in [5.74, 6) is -0.152. The lowest BCUT2D eigenvalue weighted by atomic mass is 10.0. The maximum Gasteiger partial charge on any atom is 0.329 e. The van der Waals surface area contributed by atoms with E-state index >= 15 is 0 Å². The van der Waals surface area contributed by atoms with Crippen LogP contribution >= 0.6 is 0 Å². The third-order valence-electron chi connectivity index (χ3n) is 3.51. The van der Waals surface area contributed by atoms with Crippen LogP contribution in [0.1, 0.15) is 19.4 Å². The topological polar surface area (TPSA) is 76.1 Å². The first-order valence-corrected chi connectivity index (χ1v) is 6.41. The molecule has 1 aromatic rings. The smallest absolute Gasteiger partial charge is 0.329 e. The molecule has 6 nitrogen and oxygen atoms in total. The Labute approximate surface area is 122 Å². The Morgan fingerprint density at radius 1 is 1.29 bits per heavy atom. The van der Waals surface area contributed by atoms with Gasteiger partial charge >= 0.3 is 5.97 Å². The lowest BCUT2D eigenvalue weighted by molar-refractivity contribution is -0.153. The van der Waals surface area contributed by atoms with Gasteiger partial charge in [0, 0.05) is 13.1 Å². The van der Waals surface area contributed by atoms with Gasteiger partial charge in [-0.25, -0.2) is 4.79 Å². The number of carbonyl (C=O) groups is 2. The molecule has 1 heterocycles. The SMILES string of the molecule is CN(C(=O)C=Cc1ccc2c(c1)OCO2)C(C)(C)C(=O)O. The highest BCUT2D eigenvalue weighted by molar-refractivity contribution is 5.95. The van der Waals surface area contributed by atoms with E-state index in [0.717, 1.165) is 5.56 Å². The zero-order valence-electron chi connectivity index (χ0n) is 12.1. The number of aliphatic carboxylic acids is 1. The first-order chi connectivity index (χ1) is 9.82. The molecule has 0 saturated heterocycles. The van der Waals surface area contributed by atoms with Crippen molar-refractivity contribution in [2.45, 2.75) is 19.4 Å². The normalized spacial score (nSPS) is 13.5. The van der Waals surface area contributed by atoms with Crippen molar-refractivity contribution in [3.8, 4) is 11.5 Å². The fourth-order valence-electron chi connectivity index (χ4n) is 1.72. The van der Waals surface area contributed by atoms with Crippen LogP contribution in [-0.2, 0) is 9.59 Å². The molecule has 0 bridgehead atoms. The fraction of sp³-hybridized carbons (Fsp3) is 0.333. The van der Waals surface area contributed by atoms with Gasteiger partial charge in [-0.2, -0.15) is 0 Å². The fourth-order valence-corrected chi connectivity index (χ4v) is 1.72. The van der Waals surface area contributed by atoms with Crippen LogP contribution in [0.5, 0.6) is 11.5 Å². The van der Waals surface area contributed by atoms with Gasteiger partial charge in [0.25, 0.3) is 0 Å². The third kappa shape index (κ3) is 2.99. The van der Waals surface area contributed by atoms with E-state index in [4.69, 9.17) is 14.6 Å². The van der Waals surface area contributed by atoms with Crippen LogP contribution in [0.3, 0.4) is 0 Å². The van der Waals surface area contributed by atoms with Crippen molar-refractivity contribution < 1.29 is 24.2 Å². The number of carboxylic acids is 1. The largest absolute Gasteiger partial charge is 0.480 e. The van der Waals surface area contributed by atoms with Crippen LogP contribution in [0, 0.1) is 0 Å². The van der Waals surface area contributed by atoms with Crippen LogP contribution in [0.25, 0.3) is 6.08 Å². The average molecular weight is 291 g/mol. The molecular formula is C15H17NO5. The van der Waals surface area contributed by atoms with E-state index < -0.39 is 11.5 Å². The number of benzene rings is 1. The van der Waals surface area contributed by atoms with Gasteiger partial charge in [0.15, 0.2) is 11.5 Å². The summed E-state index contributed by atoms with van der Waals surface area (Å²) in [5.41, 5.74) is -0.495. The van der Waals surface area contributed by atoms with Gasteiger partial charge in [-0.1, -0.05) is 6.07 Å². The molecule has 6 heteroatoms. The van der Waals surface area contributed by atoms with Crippen molar-refractivity contribution in [3.05, 3.63) is 29.8 Å². The summed E-state index contributed by atoms with van der Waals surface area (Å²) in [5, 5.41) is 9.10. The molecule has 0 unspecified atom stereocenters. The highest BCUT2D eigenvalue weighted by Gasteiger charge is 2.34. The standard InChI is InChI=1S/C15H17NO5/c1-15(2,14(18)19)16(3)13(17)7-5-10-4-6-11-12(8-10)21-9-20-11/h4-8H,9H2,1-3H3,(H,18,19). The summed E-state index contributed by atoms with van der Waals surface area (Å²) in [4.78, 5) is 24.3. The molecule has 0 saturated carbocycles. The summed E-state index contributed by atoms with van der Waals surface area (Å²) in [6, 6.07) is 5.31. The van der Waals surface area contributed by atoms with Crippen molar-refractivity contribution in [1.29, 1.82) is 0 Å². The van der Waals surface area contributed by atoms with Crippen LogP contribution in [0.4, 0.5) is 0 Å². The van der Waals surface area contributed by atoms with Crippen LogP contribution in [-0.4, -0.2) is 41.3 Å². The lowest BCUT2D eigenvalue weighted by Gasteiger charge is -2.30. The minimum atomic E-state index is -1.27. The second-order valence-electron chi connectivity index (χ2n) is 5.21. The summed E-state index contributed by atoms with van der Waals surface area (Å²) >= 11 is 0. The zero-order chi connectivity index (χ0) is 15.6. The number of likely N-dealkylation sites (N-methyl/N-ethyl adjacent to an activating group) is 1. The molecule has 0 radical (unpaired) electrons. The Kier molecular flexibility index (Phi) is 3.88. The molecule has 1 aliphatic heterocycles. The van der Waals surface area contributed by atoms with Crippen molar-refractivity contribution in [3.63, 3.8) is 0 Å². The first kappa shape index (κ1) is 14.9. The predicted molar refractivity (Wildman–Crippen MR) is 76.1 cm³/mol. The highest BCUT2D eigenvalue weighted by Crippen LogP contribution is 2.32. The second kappa shape index (κ2) is 5.47.